The summed E-state index contributed by atoms with van der Waals surface area (Å²) in [4.78, 5) is 11.9. The lowest BCUT2D eigenvalue weighted by atomic mass is 10.1. The normalized spacial score (nSPS) is 11.7. The van der Waals surface area contributed by atoms with E-state index >= 15 is 0 Å². The minimum atomic E-state index is -0.426. The summed E-state index contributed by atoms with van der Waals surface area (Å²) in [6, 6.07) is 16.2. The summed E-state index contributed by atoms with van der Waals surface area (Å²) in [5, 5.41) is 12.1. The average Bonchev–Trinajstić information content (AvgIpc) is 2.51. The van der Waals surface area contributed by atoms with Crippen molar-refractivity contribution >= 4 is 21.8 Å². The number of rotatable bonds is 6. The van der Waals surface area contributed by atoms with Crippen molar-refractivity contribution in [3.63, 3.8) is 0 Å². The van der Waals surface area contributed by atoms with E-state index in [1.807, 2.05) is 42.5 Å². The van der Waals surface area contributed by atoms with Crippen LogP contribution in [0.1, 0.15) is 11.6 Å². The fourth-order valence-corrected chi connectivity index (χ4v) is 2.24. The molecule has 0 aromatic heterocycles. The number of benzene rings is 2. The van der Waals surface area contributed by atoms with Gasteiger partial charge in [0.2, 0.25) is 0 Å². The van der Waals surface area contributed by atoms with Gasteiger partial charge in [-0.25, -0.2) is 0 Å². The first-order chi connectivity index (χ1) is 10.2. The number of amides is 1. The van der Waals surface area contributed by atoms with E-state index in [1.165, 1.54) is 0 Å². The zero-order chi connectivity index (χ0) is 15.1. The van der Waals surface area contributed by atoms with Crippen LogP contribution in [0.15, 0.2) is 59.1 Å². The fraction of sp³-hybridized carbons (Fsp3) is 0.188. The lowest BCUT2D eigenvalue weighted by Gasteiger charge is -2.17. The maximum atomic E-state index is 11.9. The van der Waals surface area contributed by atoms with E-state index in [0.717, 1.165) is 10.0 Å². The van der Waals surface area contributed by atoms with Crippen LogP contribution in [0.5, 0.6) is 5.75 Å². The molecule has 5 heteroatoms. The summed E-state index contributed by atoms with van der Waals surface area (Å²) in [5.74, 6) is 0.331. The van der Waals surface area contributed by atoms with Crippen LogP contribution in [0, 0.1) is 0 Å². The molecule has 0 bridgehead atoms. The minimum Gasteiger partial charge on any atom is -0.484 e. The molecule has 1 atom stereocenters. The molecule has 0 radical (unpaired) electrons. The molecule has 4 nitrogen and oxygen atoms in total. The van der Waals surface area contributed by atoms with E-state index in [1.54, 1.807) is 12.1 Å². The van der Waals surface area contributed by atoms with Gasteiger partial charge in [0.1, 0.15) is 5.75 Å². The van der Waals surface area contributed by atoms with Gasteiger partial charge in [0.25, 0.3) is 5.91 Å². The van der Waals surface area contributed by atoms with Crippen LogP contribution < -0.4 is 10.1 Å². The molecule has 0 aliphatic carbocycles. The van der Waals surface area contributed by atoms with Gasteiger partial charge in [-0.2, -0.15) is 0 Å². The molecule has 0 aliphatic rings. The third-order valence-electron chi connectivity index (χ3n) is 2.89. The number of carbonyl (C=O) groups excluding carboxylic acids is 1. The largest absolute Gasteiger partial charge is 0.484 e. The first kappa shape index (κ1) is 15.5. The Balaban J connectivity index is 1.89. The van der Waals surface area contributed by atoms with Crippen LogP contribution in [-0.4, -0.2) is 24.2 Å². The van der Waals surface area contributed by atoms with E-state index < -0.39 is 6.04 Å². The van der Waals surface area contributed by atoms with E-state index in [4.69, 9.17) is 4.74 Å². The van der Waals surface area contributed by atoms with Crippen LogP contribution in [0.4, 0.5) is 0 Å². The van der Waals surface area contributed by atoms with Crippen molar-refractivity contribution in [2.45, 2.75) is 6.04 Å². The molecule has 2 N–H and O–H groups in total. The molecule has 0 heterocycles. The molecular formula is C16H16BrNO3. The average molecular weight is 350 g/mol. The Kier molecular flexibility index (Phi) is 5.78. The van der Waals surface area contributed by atoms with Gasteiger partial charge in [0.05, 0.1) is 12.6 Å². The van der Waals surface area contributed by atoms with Crippen LogP contribution in [0.2, 0.25) is 0 Å². The summed E-state index contributed by atoms with van der Waals surface area (Å²) in [6.45, 7) is -0.258. The molecule has 0 spiro atoms. The fourth-order valence-electron chi connectivity index (χ4n) is 1.86. The molecule has 2 aromatic rings. The monoisotopic (exact) mass is 349 g/mol. The highest BCUT2D eigenvalue weighted by molar-refractivity contribution is 9.10. The standard InChI is InChI=1S/C16H16BrNO3/c17-13-7-4-8-14(9-13)21-11-16(20)18-15(10-19)12-5-2-1-3-6-12/h1-9,15,19H,10-11H2,(H,18,20)/t15-/m1/s1. The number of hydrogen-bond acceptors (Lipinski definition) is 3. The third-order valence-corrected chi connectivity index (χ3v) is 3.38. The van der Waals surface area contributed by atoms with Gasteiger partial charge in [-0.3, -0.25) is 4.79 Å². The molecule has 0 saturated carbocycles. The highest BCUT2D eigenvalue weighted by Crippen LogP contribution is 2.17. The van der Waals surface area contributed by atoms with Crippen LogP contribution in [0.25, 0.3) is 0 Å². The summed E-state index contributed by atoms with van der Waals surface area (Å²) >= 11 is 3.34. The molecule has 0 fully saturated rings. The van der Waals surface area contributed by atoms with Crippen molar-refractivity contribution in [2.75, 3.05) is 13.2 Å². The smallest absolute Gasteiger partial charge is 0.258 e. The molecule has 2 aromatic carbocycles. The van der Waals surface area contributed by atoms with Crippen LogP contribution in [-0.2, 0) is 4.79 Å². The van der Waals surface area contributed by atoms with Gasteiger partial charge >= 0.3 is 0 Å². The molecule has 2 rings (SSSR count). The first-order valence-electron chi connectivity index (χ1n) is 6.52. The minimum absolute atomic E-state index is 0.0974. The number of halogens is 1. The van der Waals surface area contributed by atoms with Gasteiger partial charge in [-0.15, -0.1) is 0 Å². The van der Waals surface area contributed by atoms with Gasteiger partial charge in [-0.05, 0) is 23.8 Å². The van der Waals surface area contributed by atoms with E-state index in [0.29, 0.717) is 5.75 Å². The molecular weight excluding hydrogens is 334 g/mol. The maximum absolute atomic E-state index is 11.9. The maximum Gasteiger partial charge on any atom is 0.258 e. The predicted molar refractivity (Wildman–Crippen MR) is 84.0 cm³/mol. The Morgan fingerprint density at radius 1 is 1.19 bits per heavy atom. The molecule has 1 amide bonds. The van der Waals surface area contributed by atoms with Crippen LogP contribution in [0.3, 0.4) is 0 Å². The number of ether oxygens (including phenoxy) is 1. The molecule has 0 saturated heterocycles. The quantitative estimate of drug-likeness (QED) is 0.842. The Morgan fingerprint density at radius 2 is 1.95 bits per heavy atom. The van der Waals surface area contributed by atoms with Gasteiger partial charge in [0.15, 0.2) is 6.61 Å². The van der Waals surface area contributed by atoms with Crippen molar-refractivity contribution in [2.24, 2.45) is 0 Å². The lowest BCUT2D eigenvalue weighted by molar-refractivity contribution is -0.124. The Hall–Kier alpha value is -1.85. The number of aliphatic hydroxyl groups is 1. The highest BCUT2D eigenvalue weighted by atomic mass is 79.9. The van der Waals surface area contributed by atoms with Gasteiger partial charge < -0.3 is 15.2 Å². The summed E-state index contributed by atoms with van der Waals surface area (Å²) in [6.07, 6.45) is 0. The highest BCUT2D eigenvalue weighted by Gasteiger charge is 2.13. The van der Waals surface area contributed by atoms with Crippen molar-refractivity contribution in [1.29, 1.82) is 0 Å². The van der Waals surface area contributed by atoms with E-state index in [2.05, 4.69) is 21.2 Å². The van der Waals surface area contributed by atoms with Crippen molar-refractivity contribution in [3.05, 3.63) is 64.6 Å². The zero-order valence-electron chi connectivity index (χ0n) is 11.3. The second-order valence-corrected chi connectivity index (χ2v) is 5.38. The predicted octanol–water partition coefficient (Wildman–Crippen LogP) is 2.68. The molecule has 0 aliphatic heterocycles. The zero-order valence-corrected chi connectivity index (χ0v) is 12.9. The summed E-state index contributed by atoms with van der Waals surface area (Å²) in [7, 11) is 0. The van der Waals surface area contributed by atoms with E-state index in [9.17, 15) is 9.90 Å². The van der Waals surface area contributed by atoms with Gasteiger partial charge in [0, 0.05) is 4.47 Å². The lowest BCUT2D eigenvalue weighted by Crippen LogP contribution is -2.34. The van der Waals surface area contributed by atoms with Crippen LogP contribution >= 0.6 is 15.9 Å². The second kappa shape index (κ2) is 7.81. The molecule has 21 heavy (non-hydrogen) atoms. The number of nitrogens with one attached hydrogen (secondary N) is 1. The number of aliphatic hydroxyl groups excluding tert-OH is 1. The number of hydrogen-bond donors (Lipinski definition) is 2. The second-order valence-electron chi connectivity index (χ2n) is 4.46. The van der Waals surface area contributed by atoms with Crippen molar-refractivity contribution < 1.29 is 14.6 Å². The third kappa shape index (κ3) is 4.88. The van der Waals surface area contributed by atoms with Gasteiger partial charge in [-0.1, -0.05) is 52.3 Å². The van der Waals surface area contributed by atoms with Crippen molar-refractivity contribution in [3.8, 4) is 5.75 Å². The van der Waals surface area contributed by atoms with Crippen molar-refractivity contribution in [1.82, 2.24) is 5.32 Å². The summed E-state index contributed by atoms with van der Waals surface area (Å²) in [5.41, 5.74) is 0.857. The number of carbonyl (C=O) groups is 1. The topological polar surface area (TPSA) is 58.6 Å². The molecule has 0 unspecified atom stereocenters. The SMILES string of the molecule is O=C(COc1cccc(Br)c1)N[C@H](CO)c1ccccc1. The molecule has 110 valence electrons. The Morgan fingerprint density at radius 3 is 2.62 bits per heavy atom. The Labute approximate surface area is 131 Å². The summed E-state index contributed by atoms with van der Waals surface area (Å²) < 4.78 is 6.29. The van der Waals surface area contributed by atoms with E-state index in [-0.39, 0.29) is 19.1 Å². The first-order valence-corrected chi connectivity index (χ1v) is 7.32. The Bertz CT molecular complexity index is 589.